The van der Waals surface area contributed by atoms with Crippen LogP contribution in [0.2, 0.25) is 0 Å². The van der Waals surface area contributed by atoms with Gasteiger partial charge in [-0.1, -0.05) is 36.2 Å². The van der Waals surface area contributed by atoms with Gasteiger partial charge < -0.3 is 10.1 Å². The topological polar surface area (TPSA) is 38.3 Å². The minimum Gasteiger partial charge on any atom is -0.458 e. The average molecular weight is 306 g/mol. The van der Waals surface area contributed by atoms with E-state index < -0.39 is 0 Å². The maximum absolute atomic E-state index is 11.9. The Labute approximate surface area is 113 Å². The smallest absolute Gasteiger partial charge is 0.320 e. The summed E-state index contributed by atoms with van der Waals surface area (Å²) >= 11 is 3.37. The molecule has 1 aliphatic rings. The second-order valence-corrected chi connectivity index (χ2v) is 5.94. The predicted molar refractivity (Wildman–Crippen MR) is 73.5 cm³/mol. The van der Waals surface area contributed by atoms with Crippen LogP contribution in [0, 0.1) is 0 Å². The summed E-state index contributed by atoms with van der Waals surface area (Å²) in [7, 11) is 0. The number of alkyl halides is 1. The van der Waals surface area contributed by atoms with Gasteiger partial charge in [0.1, 0.15) is 10.4 Å². The minimum atomic E-state index is -0.209. The Kier molecular flexibility index (Phi) is 6.49. The van der Waals surface area contributed by atoms with Gasteiger partial charge in [-0.3, -0.25) is 4.79 Å². The van der Waals surface area contributed by atoms with E-state index in [0.29, 0.717) is 0 Å². The predicted octanol–water partition coefficient (Wildman–Crippen LogP) is 3.02. The molecule has 3 nitrogen and oxygen atoms in total. The van der Waals surface area contributed by atoms with E-state index in [2.05, 4.69) is 28.2 Å². The van der Waals surface area contributed by atoms with Crippen molar-refractivity contribution in [3.63, 3.8) is 0 Å². The van der Waals surface area contributed by atoms with Crippen LogP contribution >= 0.6 is 15.9 Å². The van der Waals surface area contributed by atoms with E-state index in [1.54, 1.807) is 0 Å². The molecule has 1 aliphatic heterocycles. The third kappa shape index (κ3) is 4.59. The van der Waals surface area contributed by atoms with Crippen LogP contribution in [0.3, 0.4) is 0 Å². The maximum atomic E-state index is 11.9. The number of rotatable bonds is 6. The summed E-state index contributed by atoms with van der Waals surface area (Å²) in [5.74, 6) is -0.0921. The van der Waals surface area contributed by atoms with Crippen molar-refractivity contribution in [2.45, 2.75) is 62.8 Å². The molecule has 17 heavy (non-hydrogen) atoms. The minimum absolute atomic E-state index is 0.0921. The standard InChI is InChI=1S/C13H24BrNO2/c1-3-5-6-13(7-9-15-10-8-13)17-12(16)11(14)4-2/h11,15H,3-10H2,1-2H3. The molecular formula is C13H24BrNO2. The zero-order valence-corrected chi connectivity index (χ0v) is 12.5. The van der Waals surface area contributed by atoms with Crippen molar-refractivity contribution in [2.75, 3.05) is 13.1 Å². The van der Waals surface area contributed by atoms with Gasteiger partial charge in [-0.2, -0.15) is 0 Å². The van der Waals surface area contributed by atoms with Gasteiger partial charge in [0.15, 0.2) is 0 Å². The van der Waals surface area contributed by atoms with Crippen molar-refractivity contribution in [1.82, 2.24) is 5.32 Å². The number of hydrogen-bond donors (Lipinski definition) is 1. The van der Waals surface area contributed by atoms with Gasteiger partial charge in [0, 0.05) is 0 Å². The first kappa shape index (κ1) is 15.0. The number of hydrogen-bond acceptors (Lipinski definition) is 3. The second kappa shape index (κ2) is 7.37. The van der Waals surface area contributed by atoms with E-state index in [1.165, 1.54) is 0 Å². The third-order valence-corrected chi connectivity index (χ3v) is 4.45. The highest BCUT2D eigenvalue weighted by atomic mass is 79.9. The third-order valence-electron chi connectivity index (χ3n) is 3.43. The van der Waals surface area contributed by atoms with Crippen LogP contribution in [0.25, 0.3) is 0 Å². The quantitative estimate of drug-likeness (QED) is 0.605. The van der Waals surface area contributed by atoms with Crippen molar-refractivity contribution in [1.29, 1.82) is 0 Å². The number of esters is 1. The number of piperidine rings is 1. The Bertz CT molecular complexity index is 240. The van der Waals surface area contributed by atoms with Crippen molar-refractivity contribution >= 4 is 21.9 Å². The van der Waals surface area contributed by atoms with E-state index in [0.717, 1.165) is 51.6 Å². The summed E-state index contributed by atoms with van der Waals surface area (Å²) in [6.45, 7) is 6.07. The summed E-state index contributed by atoms with van der Waals surface area (Å²) in [4.78, 5) is 11.8. The van der Waals surface area contributed by atoms with E-state index in [9.17, 15) is 4.79 Å². The molecule has 0 saturated carbocycles. The Morgan fingerprint density at radius 2 is 2.06 bits per heavy atom. The Morgan fingerprint density at radius 1 is 1.41 bits per heavy atom. The normalized spacial score (nSPS) is 20.9. The average Bonchev–Trinajstić information content (AvgIpc) is 2.36. The molecule has 0 spiro atoms. The molecule has 0 aromatic heterocycles. The van der Waals surface area contributed by atoms with Crippen LogP contribution in [0.1, 0.15) is 52.4 Å². The molecule has 0 bridgehead atoms. The van der Waals surface area contributed by atoms with Crippen LogP contribution in [0.15, 0.2) is 0 Å². The van der Waals surface area contributed by atoms with Gasteiger partial charge in [0.05, 0.1) is 0 Å². The summed E-state index contributed by atoms with van der Waals surface area (Å²) in [5.41, 5.74) is -0.209. The lowest BCUT2D eigenvalue weighted by atomic mass is 9.87. The zero-order chi connectivity index (χ0) is 12.7. The molecule has 0 amide bonds. The fourth-order valence-electron chi connectivity index (χ4n) is 2.23. The van der Waals surface area contributed by atoms with Gasteiger partial charge >= 0.3 is 5.97 Å². The zero-order valence-electron chi connectivity index (χ0n) is 10.9. The van der Waals surface area contributed by atoms with Gasteiger partial charge in [-0.25, -0.2) is 0 Å². The van der Waals surface area contributed by atoms with Crippen molar-refractivity contribution in [3.05, 3.63) is 0 Å². The van der Waals surface area contributed by atoms with Crippen molar-refractivity contribution < 1.29 is 9.53 Å². The molecule has 1 unspecified atom stereocenters. The summed E-state index contributed by atoms with van der Waals surface area (Å²) in [5, 5.41) is 3.33. The molecule has 100 valence electrons. The van der Waals surface area contributed by atoms with E-state index in [4.69, 9.17) is 4.74 Å². The second-order valence-electron chi connectivity index (χ2n) is 4.83. The first-order valence-electron chi connectivity index (χ1n) is 6.71. The molecule has 1 fully saturated rings. The number of carbonyl (C=O) groups excluding carboxylic acids is 1. The molecule has 1 atom stereocenters. The largest absolute Gasteiger partial charge is 0.458 e. The maximum Gasteiger partial charge on any atom is 0.320 e. The molecule has 1 saturated heterocycles. The number of nitrogens with one attached hydrogen (secondary N) is 1. The number of halogens is 1. The van der Waals surface area contributed by atoms with Gasteiger partial charge in [0.2, 0.25) is 0 Å². The molecule has 1 rings (SSSR count). The lowest BCUT2D eigenvalue weighted by Gasteiger charge is -2.37. The van der Waals surface area contributed by atoms with Crippen molar-refractivity contribution in [3.8, 4) is 0 Å². The molecule has 0 aliphatic carbocycles. The fourth-order valence-corrected chi connectivity index (χ4v) is 2.32. The van der Waals surface area contributed by atoms with E-state index in [-0.39, 0.29) is 16.4 Å². The summed E-state index contributed by atoms with van der Waals surface area (Å²) in [6, 6.07) is 0. The van der Waals surface area contributed by atoms with Gasteiger partial charge in [-0.05, 0) is 45.2 Å². The SMILES string of the molecule is CCCCC1(OC(=O)C(Br)CC)CCNCC1. The molecule has 0 aromatic rings. The summed E-state index contributed by atoms with van der Waals surface area (Å²) in [6.07, 6.45) is 5.95. The number of carbonyl (C=O) groups is 1. The molecule has 1 heterocycles. The van der Waals surface area contributed by atoms with Crippen LogP contribution in [0.4, 0.5) is 0 Å². The lowest BCUT2D eigenvalue weighted by Crippen LogP contribution is -2.46. The van der Waals surface area contributed by atoms with E-state index in [1.807, 2.05) is 6.92 Å². The Morgan fingerprint density at radius 3 is 2.59 bits per heavy atom. The van der Waals surface area contributed by atoms with Crippen LogP contribution in [-0.2, 0) is 9.53 Å². The van der Waals surface area contributed by atoms with Crippen LogP contribution in [0.5, 0.6) is 0 Å². The molecular weight excluding hydrogens is 282 g/mol. The lowest BCUT2D eigenvalue weighted by molar-refractivity contribution is -0.162. The summed E-state index contributed by atoms with van der Waals surface area (Å²) < 4.78 is 5.81. The first-order valence-corrected chi connectivity index (χ1v) is 7.63. The Hall–Kier alpha value is -0.0900. The molecule has 1 N–H and O–H groups in total. The van der Waals surface area contributed by atoms with E-state index >= 15 is 0 Å². The fraction of sp³-hybridized carbons (Fsp3) is 0.923. The highest BCUT2D eigenvalue weighted by molar-refractivity contribution is 9.10. The first-order chi connectivity index (χ1) is 8.13. The highest BCUT2D eigenvalue weighted by Gasteiger charge is 2.36. The molecule has 0 radical (unpaired) electrons. The van der Waals surface area contributed by atoms with Gasteiger partial charge in [0.25, 0.3) is 0 Å². The van der Waals surface area contributed by atoms with Crippen LogP contribution < -0.4 is 5.32 Å². The number of unbranched alkanes of at least 4 members (excludes halogenated alkanes) is 1. The van der Waals surface area contributed by atoms with Gasteiger partial charge in [-0.15, -0.1) is 0 Å². The van der Waals surface area contributed by atoms with Crippen LogP contribution in [-0.4, -0.2) is 29.5 Å². The number of ether oxygens (including phenoxy) is 1. The molecule has 4 heteroatoms. The molecule has 0 aromatic carbocycles. The van der Waals surface area contributed by atoms with Crippen molar-refractivity contribution in [2.24, 2.45) is 0 Å². The highest BCUT2D eigenvalue weighted by Crippen LogP contribution is 2.30. The Balaban J connectivity index is 2.59. The monoisotopic (exact) mass is 305 g/mol.